The zero-order chi connectivity index (χ0) is 19.6. The maximum absolute atomic E-state index is 13.1. The molecule has 0 spiro atoms. The van der Waals surface area contributed by atoms with Gasteiger partial charge in [-0.25, -0.2) is 12.8 Å². The molecule has 0 N–H and O–H groups in total. The van der Waals surface area contributed by atoms with Gasteiger partial charge in [-0.3, -0.25) is 4.79 Å². The average molecular weight is 411 g/mol. The van der Waals surface area contributed by atoms with Gasteiger partial charge in [0.2, 0.25) is 5.91 Å². The number of likely N-dealkylation sites (N-methyl/N-ethyl adjacent to an activating group) is 1. The van der Waals surface area contributed by atoms with E-state index in [0.717, 1.165) is 34.6 Å². The molecule has 146 valence electrons. The first-order valence-electron chi connectivity index (χ1n) is 8.89. The molecule has 1 saturated heterocycles. The normalized spacial score (nSPS) is 16.4. The van der Waals surface area contributed by atoms with Gasteiger partial charge >= 0.3 is 0 Å². The maximum Gasteiger partial charge on any atom is 0.252 e. The highest BCUT2D eigenvalue weighted by atomic mass is 32.2. The van der Waals surface area contributed by atoms with Crippen molar-refractivity contribution in [2.45, 2.75) is 36.4 Å². The number of thiophene rings is 1. The molecule has 1 aromatic heterocycles. The van der Waals surface area contributed by atoms with Gasteiger partial charge < -0.3 is 4.90 Å². The lowest BCUT2D eigenvalue weighted by Crippen LogP contribution is -2.30. The summed E-state index contributed by atoms with van der Waals surface area (Å²) in [6.07, 6.45) is 1.92. The van der Waals surface area contributed by atoms with Crippen LogP contribution in [-0.4, -0.2) is 43.7 Å². The van der Waals surface area contributed by atoms with Crippen LogP contribution in [0.3, 0.4) is 0 Å². The van der Waals surface area contributed by atoms with Gasteiger partial charge in [-0.15, -0.1) is 11.3 Å². The molecule has 1 aliphatic heterocycles. The van der Waals surface area contributed by atoms with Crippen LogP contribution in [0.25, 0.3) is 0 Å². The Hall–Kier alpha value is -1.77. The smallest absolute Gasteiger partial charge is 0.252 e. The highest BCUT2D eigenvalue weighted by Gasteiger charge is 2.29. The van der Waals surface area contributed by atoms with Crippen LogP contribution in [0.5, 0.6) is 0 Å². The molecule has 3 rings (SSSR count). The number of benzene rings is 1. The van der Waals surface area contributed by atoms with E-state index in [1.165, 1.54) is 16.4 Å². The Morgan fingerprint density at radius 2 is 1.81 bits per heavy atom. The van der Waals surface area contributed by atoms with E-state index < -0.39 is 10.0 Å². The zero-order valence-electron chi connectivity index (χ0n) is 15.4. The molecule has 0 radical (unpaired) electrons. The van der Waals surface area contributed by atoms with Crippen LogP contribution in [0, 0.1) is 5.82 Å². The second-order valence-electron chi connectivity index (χ2n) is 6.74. The van der Waals surface area contributed by atoms with Crippen molar-refractivity contribution in [1.29, 1.82) is 0 Å². The van der Waals surface area contributed by atoms with Crippen molar-refractivity contribution < 1.29 is 17.6 Å². The van der Waals surface area contributed by atoms with Gasteiger partial charge in [-0.2, -0.15) is 4.31 Å². The number of rotatable bonds is 6. The molecular weight excluding hydrogens is 387 g/mol. The minimum atomic E-state index is -3.45. The second-order valence-corrected chi connectivity index (χ2v) is 10.1. The van der Waals surface area contributed by atoms with Crippen LogP contribution in [0.4, 0.5) is 4.39 Å². The first-order chi connectivity index (χ1) is 12.8. The standard InChI is InChI=1S/C19H23FN2O3S2/c1-14(15-5-7-16(20)8-6-15)21(2)18(23)13-17-9-10-19(26-17)27(24,25)22-11-3-4-12-22/h5-10,14H,3-4,11-13H2,1-2H3. The molecule has 1 unspecified atom stereocenters. The molecule has 1 aromatic carbocycles. The van der Waals surface area contributed by atoms with E-state index in [0.29, 0.717) is 17.3 Å². The predicted molar refractivity (Wildman–Crippen MR) is 104 cm³/mol. The SMILES string of the molecule is CC(c1ccc(F)cc1)N(C)C(=O)Cc1ccc(S(=O)(=O)N2CCCC2)s1. The molecule has 5 nitrogen and oxygen atoms in total. The van der Waals surface area contributed by atoms with E-state index in [-0.39, 0.29) is 24.2 Å². The van der Waals surface area contributed by atoms with Crippen LogP contribution >= 0.6 is 11.3 Å². The molecule has 1 fully saturated rings. The number of hydrogen-bond donors (Lipinski definition) is 0. The number of amides is 1. The molecule has 1 atom stereocenters. The Morgan fingerprint density at radius 3 is 2.44 bits per heavy atom. The van der Waals surface area contributed by atoms with Crippen LogP contribution < -0.4 is 0 Å². The minimum absolute atomic E-state index is 0.112. The first-order valence-corrected chi connectivity index (χ1v) is 11.1. The summed E-state index contributed by atoms with van der Waals surface area (Å²) < 4.78 is 40.1. The summed E-state index contributed by atoms with van der Waals surface area (Å²) in [5, 5.41) is 0. The van der Waals surface area contributed by atoms with Crippen LogP contribution in [0.15, 0.2) is 40.6 Å². The summed E-state index contributed by atoms with van der Waals surface area (Å²) in [7, 11) is -1.75. The number of sulfonamides is 1. The first kappa shape index (κ1) is 20.0. The summed E-state index contributed by atoms with van der Waals surface area (Å²) in [6, 6.07) is 9.17. The van der Waals surface area contributed by atoms with Crippen molar-refractivity contribution in [2.24, 2.45) is 0 Å². The van der Waals surface area contributed by atoms with Crippen molar-refractivity contribution in [1.82, 2.24) is 9.21 Å². The lowest BCUT2D eigenvalue weighted by molar-refractivity contribution is -0.131. The second kappa shape index (κ2) is 8.08. The fourth-order valence-corrected chi connectivity index (χ4v) is 6.12. The summed E-state index contributed by atoms with van der Waals surface area (Å²) in [4.78, 5) is 14.9. The third-order valence-corrected chi connectivity index (χ3v) is 8.40. The average Bonchev–Trinajstić information content (AvgIpc) is 3.33. The van der Waals surface area contributed by atoms with E-state index >= 15 is 0 Å². The van der Waals surface area contributed by atoms with Gasteiger partial charge in [-0.05, 0) is 49.6 Å². The van der Waals surface area contributed by atoms with E-state index in [2.05, 4.69) is 0 Å². The fraction of sp³-hybridized carbons (Fsp3) is 0.421. The molecule has 0 bridgehead atoms. The van der Waals surface area contributed by atoms with Crippen LogP contribution in [0.2, 0.25) is 0 Å². The Balaban J connectivity index is 1.67. The molecule has 0 saturated carbocycles. The molecule has 0 aliphatic carbocycles. The van der Waals surface area contributed by atoms with Crippen LogP contribution in [-0.2, 0) is 21.2 Å². The monoisotopic (exact) mass is 410 g/mol. The van der Waals surface area contributed by atoms with Gasteiger partial charge in [0.15, 0.2) is 0 Å². The van der Waals surface area contributed by atoms with Crippen LogP contribution in [0.1, 0.15) is 36.2 Å². The molecule has 2 aromatic rings. The minimum Gasteiger partial charge on any atom is -0.339 e. The fourth-order valence-electron chi connectivity index (χ4n) is 3.10. The molecule has 1 amide bonds. The van der Waals surface area contributed by atoms with E-state index in [4.69, 9.17) is 0 Å². The van der Waals surface area contributed by atoms with Crippen molar-refractivity contribution in [3.05, 3.63) is 52.7 Å². The quantitative estimate of drug-likeness (QED) is 0.733. The highest BCUT2D eigenvalue weighted by molar-refractivity contribution is 7.91. The number of carbonyl (C=O) groups is 1. The van der Waals surface area contributed by atoms with Gasteiger partial charge in [-0.1, -0.05) is 12.1 Å². The molecule has 1 aliphatic rings. The van der Waals surface area contributed by atoms with Crippen molar-refractivity contribution in [3.8, 4) is 0 Å². The molecule has 2 heterocycles. The molecule has 8 heteroatoms. The summed E-state index contributed by atoms with van der Waals surface area (Å²) in [5.74, 6) is -0.427. The Morgan fingerprint density at radius 1 is 1.19 bits per heavy atom. The summed E-state index contributed by atoms with van der Waals surface area (Å²) in [5.41, 5.74) is 0.843. The number of halogens is 1. The van der Waals surface area contributed by atoms with Crippen molar-refractivity contribution >= 4 is 27.3 Å². The van der Waals surface area contributed by atoms with Crippen molar-refractivity contribution in [2.75, 3.05) is 20.1 Å². The van der Waals surface area contributed by atoms with Crippen molar-refractivity contribution in [3.63, 3.8) is 0 Å². The van der Waals surface area contributed by atoms with E-state index in [1.807, 2.05) is 6.92 Å². The third kappa shape index (κ3) is 4.39. The zero-order valence-corrected chi connectivity index (χ0v) is 17.0. The van der Waals surface area contributed by atoms with Gasteiger partial charge in [0.25, 0.3) is 10.0 Å². The van der Waals surface area contributed by atoms with Gasteiger partial charge in [0, 0.05) is 25.0 Å². The van der Waals surface area contributed by atoms with E-state index in [9.17, 15) is 17.6 Å². The lowest BCUT2D eigenvalue weighted by Gasteiger charge is -2.25. The summed E-state index contributed by atoms with van der Waals surface area (Å²) in [6.45, 7) is 3.00. The van der Waals surface area contributed by atoms with Gasteiger partial charge in [0.05, 0.1) is 12.5 Å². The van der Waals surface area contributed by atoms with Gasteiger partial charge in [0.1, 0.15) is 10.0 Å². The number of carbonyl (C=O) groups excluding carboxylic acids is 1. The number of hydrogen-bond acceptors (Lipinski definition) is 4. The molecular formula is C19H23FN2O3S2. The topological polar surface area (TPSA) is 57.7 Å². The third-order valence-electron chi connectivity index (χ3n) is 4.95. The van der Waals surface area contributed by atoms with E-state index in [1.54, 1.807) is 36.2 Å². The predicted octanol–water partition coefficient (Wildman–Crippen LogP) is 3.43. The summed E-state index contributed by atoms with van der Waals surface area (Å²) >= 11 is 1.16. The largest absolute Gasteiger partial charge is 0.339 e. The maximum atomic E-state index is 13.1. The highest BCUT2D eigenvalue weighted by Crippen LogP contribution is 2.28. The lowest BCUT2D eigenvalue weighted by atomic mass is 10.1. The Kier molecular flexibility index (Phi) is 5.98. The number of nitrogens with zero attached hydrogens (tertiary/aromatic N) is 2. The Labute approximate surface area is 163 Å². The molecule has 27 heavy (non-hydrogen) atoms. The Bertz CT molecular complexity index is 903.